The van der Waals surface area contributed by atoms with Gasteiger partial charge in [0.25, 0.3) is 0 Å². The lowest BCUT2D eigenvalue weighted by Gasteiger charge is -2.25. The molecule has 1 saturated heterocycles. The van der Waals surface area contributed by atoms with Crippen LogP contribution in [0.3, 0.4) is 0 Å². The van der Waals surface area contributed by atoms with E-state index in [4.69, 9.17) is 11.0 Å². The summed E-state index contributed by atoms with van der Waals surface area (Å²) in [7, 11) is 0. The van der Waals surface area contributed by atoms with Crippen LogP contribution in [0, 0.1) is 6.92 Å². The standard InChI is InChI=1S/C18H19N5O2S/c1-12-19-10-16(26-12)13-2-3-14-9-20-18(21-15(14)8-13)22-17(24)11-23-4-6-25-7-5-23/h2-3,8-10H,4-7,11H2,1H3,(H,20,21,22,24)/i4D2,5D2,6D2,7D2. The largest absolute Gasteiger partial charge is 0.379 e. The average Bonchev–Trinajstić information content (AvgIpc) is 3.16. The van der Waals surface area contributed by atoms with E-state index >= 15 is 0 Å². The Morgan fingerprint density at radius 2 is 2.19 bits per heavy atom. The zero-order chi connectivity index (χ0) is 25.1. The number of aryl methyl sites for hydroxylation is 1. The van der Waals surface area contributed by atoms with Gasteiger partial charge in [-0.25, -0.2) is 15.0 Å². The molecule has 0 aliphatic carbocycles. The molecule has 134 valence electrons. The van der Waals surface area contributed by atoms with Gasteiger partial charge in [-0.2, -0.15) is 0 Å². The van der Waals surface area contributed by atoms with Gasteiger partial charge in [-0.15, -0.1) is 11.3 Å². The molecule has 26 heavy (non-hydrogen) atoms. The Hall–Kier alpha value is -2.42. The van der Waals surface area contributed by atoms with Crippen molar-refractivity contribution in [3.63, 3.8) is 0 Å². The number of hydrogen-bond acceptors (Lipinski definition) is 7. The van der Waals surface area contributed by atoms with Gasteiger partial charge in [0, 0.05) is 36.3 Å². The fraction of sp³-hybridized carbons (Fsp3) is 0.333. The van der Waals surface area contributed by atoms with Crippen LogP contribution in [0.25, 0.3) is 21.3 Å². The molecule has 0 unspecified atom stereocenters. The molecule has 2 aromatic heterocycles. The van der Waals surface area contributed by atoms with Gasteiger partial charge in [-0.3, -0.25) is 15.0 Å². The quantitative estimate of drug-likeness (QED) is 0.752. The number of morpholine rings is 1. The van der Waals surface area contributed by atoms with Crippen molar-refractivity contribution in [2.75, 3.05) is 38.0 Å². The molecule has 4 rings (SSSR count). The van der Waals surface area contributed by atoms with E-state index < -0.39 is 38.6 Å². The van der Waals surface area contributed by atoms with Crippen LogP contribution in [0.1, 0.15) is 16.0 Å². The molecule has 3 heterocycles. The van der Waals surface area contributed by atoms with Crippen LogP contribution in [0.15, 0.2) is 30.6 Å². The van der Waals surface area contributed by atoms with E-state index in [1.54, 1.807) is 12.3 Å². The highest BCUT2D eigenvalue weighted by atomic mass is 32.1. The maximum absolute atomic E-state index is 12.6. The molecule has 3 aromatic rings. The summed E-state index contributed by atoms with van der Waals surface area (Å²) in [5.74, 6) is -1.09. The molecule has 1 aromatic carbocycles. The number of nitrogens with one attached hydrogen (secondary N) is 1. The molecule has 0 saturated carbocycles. The maximum atomic E-state index is 12.6. The highest BCUT2D eigenvalue weighted by Crippen LogP contribution is 2.28. The van der Waals surface area contributed by atoms with E-state index in [1.165, 1.54) is 17.5 Å². The van der Waals surface area contributed by atoms with Crippen molar-refractivity contribution < 1.29 is 20.5 Å². The van der Waals surface area contributed by atoms with Gasteiger partial charge >= 0.3 is 0 Å². The number of hydrogen-bond donors (Lipinski definition) is 1. The van der Waals surface area contributed by atoms with Gasteiger partial charge < -0.3 is 4.74 Å². The zero-order valence-electron chi connectivity index (χ0n) is 21.6. The second-order valence-corrected chi connectivity index (χ2v) is 6.61. The summed E-state index contributed by atoms with van der Waals surface area (Å²) in [4.78, 5) is 26.3. The highest BCUT2D eigenvalue weighted by molar-refractivity contribution is 7.15. The van der Waals surface area contributed by atoms with Crippen LogP contribution in [0.5, 0.6) is 0 Å². The molecular weight excluding hydrogens is 350 g/mol. The minimum absolute atomic E-state index is 0.129. The number of ether oxygens (including phenoxy) is 1. The number of aromatic nitrogens is 3. The molecule has 1 N–H and O–H groups in total. The van der Waals surface area contributed by atoms with Gasteiger partial charge in [0.15, 0.2) is 0 Å². The molecule has 1 aliphatic rings. The number of fused-ring (bicyclic) bond motifs is 1. The van der Waals surface area contributed by atoms with E-state index in [2.05, 4.69) is 25.0 Å². The van der Waals surface area contributed by atoms with Crippen LogP contribution >= 0.6 is 11.3 Å². The monoisotopic (exact) mass is 377 g/mol. The summed E-state index contributed by atoms with van der Waals surface area (Å²) in [6.07, 6.45) is 3.22. The molecule has 0 radical (unpaired) electrons. The molecule has 7 nitrogen and oxygen atoms in total. The first kappa shape index (κ1) is 10.1. The molecule has 0 spiro atoms. The van der Waals surface area contributed by atoms with Crippen molar-refractivity contribution in [3.05, 3.63) is 35.6 Å². The molecular formula is C18H19N5O2S. The topological polar surface area (TPSA) is 80.2 Å². The minimum Gasteiger partial charge on any atom is -0.379 e. The molecule has 0 atom stereocenters. The summed E-state index contributed by atoms with van der Waals surface area (Å²) < 4.78 is 67.1. The lowest BCUT2D eigenvalue weighted by molar-refractivity contribution is -0.118. The minimum atomic E-state index is -3.23. The molecule has 0 bridgehead atoms. The summed E-state index contributed by atoms with van der Waals surface area (Å²) in [5, 5.41) is 3.95. The van der Waals surface area contributed by atoms with E-state index in [-0.39, 0.29) is 10.8 Å². The summed E-state index contributed by atoms with van der Waals surface area (Å²) in [6.45, 7) is -11.9. The van der Waals surface area contributed by atoms with Gasteiger partial charge in [0.05, 0.1) is 40.5 Å². The van der Waals surface area contributed by atoms with Crippen LogP contribution in [-0.4, -0.2) is 58.4 Å². The first-order valence-electron chi connectivity index (χ1n) is 11.6. The Bertz CT molecular complexity index is 1240. The van der Waals surface area contributed by atoms with Crippen molar-refractivity contribution in [1.29, 1.82) is 0 Å². The fourth-order valence-electron chi connectivity index (χ4n) is 2.33. The average molecular weight is 377 g/mol. The van der Waals surface area contributed by atoms with E-state index in [1.807, 2.05) is 19.1 Å². The third-order valence-corrected chi connectivity index (χ3v) is 4.47. The predicted molar refractivity (Wildman–Crippen MR) is 101 cm³/mol. The van der Waals surface area contributed by atoms with E-state index in [0.717, 1.165) is 15.4 Å². The van der Waals surface area contributed by atoms with Crippen LogP contribution in [0.4, 0.5) is 5.95 Å². The number of benzene rings is 1. The van der Waals surface area contributed by atoms with Gasteiger partial charge in [0.1, 0.15) is 0 Å². The zero-order valence-corrected chi connectivity index (χ0v) is 14.4. The number of nitrogens with zero attached hydrogens (tertiary/aromatic N) is 4. The number of carbonyl (C=O) groups excluding carboxylic acids is 1. The number of thiazole rings is 1. The van der Waals surface area contributed by atoms with Crippen molar-refractivity contribution in [2.24, 2.45) is 0 Å². The molecule has 1 amide bonds. The lowest BCUT2D eigenvalue weighted by atomic mass is 10.1. The summed E-state index contributed by atoms with van der Waals surface area (Å²) in [6, 6.07) is 5.50. The molecule has 1 aliphatic heterocycles. The van der Waals surface area contributed by atoms with Crippen molar-refractivity contribution in [1.82, 2.24) is 19.9 Å². The Kier molecular flexibility index (Phi) is 2.88. The smallest absolute Gasteiger partial charge is 0.240 e. The first-order valence-corrected chi connectivity index (χ1v) is 8.43. The van der Waals surface area contributed by atoms with Crippen LogP contribution < -0.4 is 5.32 Å². The lowest BCUT2D eigenvalue weighted by Crippen LogP contribution is -2.41. The Balaban J connectivity index is 1.58. The normalized spacial score (nSPS) is 27.6. The Morgan fingerprint density at radius 3 is 2.96 bits per heavy atom. The Morgan fingerprint density at radius 1 is 1.35 bits per heavy atom. The van der Waals surface area contributed by atoms with Gasteiger partial charge in [-0.05, 0) is 18.6 Å². The van der Waals surface area contributed by atoms with Gasteiger partial charge in [0.2, 0.25) is 11.9 Å². The second kappa shape index (κ2) is 7.45. The molecule has 1 fully saturated rings. The number of anilines is 1. The summed E-state index contributed by atoms with van der Waals surface area (Å²) in [5.41, 5.74) is 1.38. The Labute approximate surface area is 166 Å². The number of carbonyl (C=O) groups is 1. The predicted octanol–water partition coefficient (Wildman–Crippen LogP) is 2.33. The summed E-state index contributed by atoms with van der Waals surface area (Å²) >= 11 is 1.51. The number of rotatable bonds is 4. The fourth-order valence-corrected chi connectivity index (χ4v) is 3.10. The highest BCUT2D eigenvalue weighted by Gasteiger charge is 2.15. The first-order chi connectivity index (χ1) is 15.6. The SMILES string of the molecule is [2H]C1([2H])OC([2H])([2H])C([2H])([2H])N(CC(=O)Nc2ncc3ccc(-c4cnc(C)s4)cc3n2)C1([2H])[2H]. The van der Waals surface area contributed by atoms with Gasteiger partial charge in [-0.1, -0.05) is 12.1 Å². The second-order valence-electron chi connectivity index (χ2n) is 5.37. The van der Waals surface area contributed by atoms with Crippen LogP contribution in [0.2, 0.25) is 0 Å². The van der Waals surface area contributed by atoms with E-state index in [9.17, 15) is 4.79 Å². The maximum Gasteiger partial charge on any atom is 0.240 e. The molecule has 8 heteroatoms. The third kappa shape index (κ3) is 3.87. The van der Waals surface area contributed by atoms with Crippen molar-refractivity contribution in [3.8, 4) is 10.4 Å². The van der Waals surface area contributed by atoms with Crippen LogP contribution in [-0.2, 0) is 9.53 Å². The van der Waals surface area contributed by atoms with E-state index in [0.29, 0.717) is 10.9 Å². The number of amides is 1. The third-order valence-electron chi connectivity index (χ3n) is 3.50. The van der Waals surface area contributed by atoms with Crippen molar-refractivity contribution >= 4 is 34.1 Å². The van der Waals surface area contributed by atoms with Crippen molar-refractivity contribution in [2.45, 2.75) is 6.92 Å².